The van der Waals surface area contributed by atoms with Crippen LogP contribution in [0.4, 0.5) is 5.69 Å². The number of nitrogens with zero attached hydrogens (tertiary/aromatic N) is 3. The molecule has 1 aliphatic rings. The molecule has 1 N–H and O–H groups in total. The quantitative estimate of drug-likeness (QED) is 0.456. The third-order valence-corrected chi connectivity index (χ3v) is 6.39. The van der Waals surface area contributed by atoms with E-state index in [4.69, 9.17) is 4.98 Å². The highest BCUT2D eigenvalue weighted by Crippen LogP contribution is 2.31. The van der Waals surface area contributed by atoms with Crippen LogP contribution in [0.1, 0.15) is 29.2 Å². The summed E-state index contributed by atoms with van der Waals surface area (Å²) in [6.45, 7) is 1.04. The van der Waals surface area contributed by atoms with Gasteiger partial charge >= 0.3 is 0 Å². The summed E-state index contributed by atoms with van der Waals surface area (Å²) in [5.41, 5.74) is 4.36. The summed E-state index contributed by atoms with van der Waals surface area (Å²) in [4.78, 5) is 17.8. The average Bonchev–Trinajstić information content (AvgIpc) is 3.28. The minimum absolute atomic E-state index is 0.142. The lowest BCUT2D eigenvalue weighted by Crippen LogP contribution is -2.16. The Bertz CT molecular complexity index is 1170. The molecule has 1 amide bonds. The maximum Gasteiger partial charge on any atom is 0.273 e. The number of hydrogen-bond acceptors (Lipinski definition) is 2. The molecule has 0 saturated carbocycles. The Kier molecular flexibility index (Phi) is 4.51. The lowest BCUT2D eigenvalue weighted by Gasteiger charge is -2.11. The number of rotatable bonds is 3. The summed E-state index contributed by atoms with van der Waals surface area (Å²) in [5.74, 6) is 1.01. The van der Waals surface area contributed by atoms with Crippen LogP contribution in [0.15, 0.2) is 59.2 Å². The van der Waals surface area contributed by atoms with Crippen LogP contribution < -0.4 is 5.32 Å². The molecule has 2 aromatic heterocycles. The molecule has 29 heavy (non-hydrogen) atoms. The highest BCUT2D eigenvalue weighted by molar-refractivity contribution is 9.10. The number of para-hydroxylation sites is 1. The Labute approximate surface area is 177 Å². The molecule has 0 aliphatic carbocycles. The Morgan fingerprint density at radius 1 is 1.14 bits per heavy atom. The predicted molar refractivity (Wildman–Crippen MR) is 119 cm³/mol. The molecule has 0 spiro atoms. The molecule has 0 unspecified atom stereocenters. The molecule has 0 radical (unpaired) electrons. The van der Waals surface area contributed by atoms with Gasteiger partial charge in [-0.1, -0.05) is 30.3 Å². The first-order chi connectivity index (χ1) is 14.1. The van der Waals surface area contributed by atoms with Crippen molar-refractivity contribution in [3.63, 3.8) is 0 Å². The van der Waals surface area contributed by atoms with E-state index in [1.807, 2.05) is 60.1 Å². The number of carbonyl (C=O) groups excluding carboxylic acids is 1. The van der Waals surface area contributed by atoms with E-state index in [9.17, 15) is 4.79 Å². The van der Waals surface area contributed by atoms with Gasteiger partial charge in [-0.05, 0) is 47.0 Å². The summed E-state index contributed by atoms with van der Waals surface area (Å²) >= 11 is 3.61. The van der Waals surface area contributed by atoms with Crippen LogP contribution in [-0.2, 0) is 20.0 Å². The Morgan fingerprint density at radius 2 is 2.00 bits per heavy atom. The lowest BCUT2D eigenvalue weighted by atomic mass is 10.1. The van der Waals surface area contributed by atoms with E-state index in [0.29, 0.717) is 5.69 Å². The Hall–Kier alpha value is -2.86. The molecule has 146 valence electrons. The maximum absolute atomic E-state index is 13.1. The zero-order valence-corrected chi connectivity index (χ0v) is 17.7. The number of halogens is 1. The molecule has 4 aromatic rings. The van der Waals surface area contributed by atoms with Gasteiger partial charge in [0.05, 0.1) is 10.2 Å². The van der Waals surface area contributed by atoms with E-state index in [0.717, 1.165) is 51.1 Å². The third kappa shape index (κ3) is 3.17. The smallest absolute Gasteiger partial charge is 0.273 e. The molecule has 3 heterocycles. The van der Waals surface area contributed by atoms with Crippen molar-refractivity contribution in [2.75, 3.05) is 5.32 Å². The fourth-order valence-electron chi connectivity index (χ4n) is 4.10. The monoisotopic (exact) mass is 448 g/mol. The van der Waals surface area contributed by atoms with E-state index in [2.05, 4.69) is 32.0 Å². The fourth-order valence-corrected chi connectivity index (χ4v) is 4.88. The molecule has 0 bridgehead atoms. The van der Waals surface area contributed by atoms with Gasteiger partial charge in [0.1, 0.15) is 11.5 Å². The van der Waals surface area contributed by atoms with Crippen LogP contribution in [0.25, 0.3) is 22.2 Å². The number of anilines is 1. The number of fused-ring (bicyclic) bond motifs is 2. The van der Waals surface area contributed by atoms with Crippen LogP contribution in [0.3, 0.4) is 0 Å². The minimum Gasteiger partial charge on any atom is -0.339 e. The molecule has 2 aromatic carbocycles. The zero-order chi connectivity index (χ0) is 20.0. The number of nitrogens with one attached hydrogen (secondary N) is 1. The van der Waals surface area contributed by atoms with Crippen LogP contribution in [0.2, 0.25) is 0 Å². The van der Waals surface area contributed by atoms with Gasteiger partial charge in [-0.2, -0.15) is 0 Å². The van der Waals surface area contributed by atoms with Crippen molar-refractivity contribution in [3.8, 4) is 11.3 Å². The fraction of sp³-hybridized carbons (Fsp3) is 0.217. The number of imidazole rings is 1. The standard InChI is InChI=1S/C23H21BrN4O/c1-27-19-10-3-2-9-17(19)21(24)22(27)23(29)25-16-8-6-7-15(13-16)18-14-28-12-5-4-11-20(28)26-18/h2-3,6-10,13-14H,4-5,11-12H2,1H3,(H,25,29). The minimum atomic E-state index is -0.142. The second-order valence-corrected chi connectivity index (χ2v) is 8.26. The first kappa shape index (κ1) is 18.2. The molecular formula is C23H21BrN4O. The molecule has 5 rings (SSSR count). The van der Waals surface area contributed by atoms with Crippen molar-refractivity contribution >= 4 is 38.4 Å². The van der Waals surface area contributed by atoms with Crippen molar-refractivity contribution in [1.29, 1.82) is 0 Å². The van der Waals surface area contributed by atoms with Gasteiger partial charge in [-0.3, -0.25) is 4.79 Å². The van der Waals surface area contributed by atoms with Crippen molar-refractivity contribution < 1.29 is 4.79 Å². The summed E-state index contributed by atoms with van der Waals surface area (Å²) < 4.78 is 4.98. The lowest BCUT2D eigenvalue weighted by molar-refractivity contribution is 0.101. The van der Waals surface area contributed by atoms with Crippen LogP contribution in [0.5, 0.6) is 0 Å². The number of aromatic nitrogens is 3. The van der Waals surface area contributed by atoms with Gasteiger partial charge in [0.2, 0.25) is 0 Å². The SMILES string of the molecule is Cn1c(C(=O)Nc2cccc(-c3cn4c(n3)CCCC4)c2)c(Br)c2ccccc21. The van der Waals surface area contributed by atoms with Gasteiger partial charge in [-0.15, -0.1) is 0 Å². The van der Waals surface area contributed by atoms with Crippen LogP contribution >= 0.6 is 15.9 Å². The molecule has 0 saturated heterocycles. The van der Waals surface area contributed by atoms with Crippen molar-refractivity contribution in [2.45, 2.75) is 25.8 Å². The molecule has 1 aliphatic heterocycles. The normalized spacial score (nSPS) is 13.4. The summed E-state index contributed by atoms with van der Waals surface area (Å²) in [6, 6.07) is 15.9. The highest BCUT2D eigenvalue weighted by Gasteiger charge is 2.20. The number of hydrogen-bond donors (Lipinski definition) is 1. The summed E-state index contributed by atoms with van der Waals surface area (Å²) in [6.07, 6.45) is 5.56. The molecule has 5 nitrogen and oxygen atoms in total. The van der Waals surface area contributed by atoms with E-state index < -0.39 is 0 Å². The van der Waals surface area contributed by atoms with Gasteiger partial charge in [0.15, 0.2) is 0 Å². The Morgan fingerprint density at radius 3 is 2.83 bits per heavy atom. The van der Waals surface area contributed by atoms with Crippen molar-refractivity contribution in [1.82, 2.24) is 14.1 Å². The first-order valence-corrected chi connectivity index (χ1v) is 10.6. The van der Waals surface area contributed by atoms with E-state index in [1.54, 1.807) is 0 Å². The zero-order valence-electron chi connectivity index (χ0n) is 16.2. The topological polar surface area (TPSA) is 51.9 Å². The van der Waals surface area contributed by atoms with Crippen LogP contribution in [-0.4, -0.2) is 20.0 Å². The first-order valence-electron chi connectivity index (χ1n) is 9.82. The van der Waals surface area contributed by atoms with Crippen molar-refractivity contribution in [2.24, 2.45) is 7.05 Å². The summed E-state index contributed by atoms with van der Waals surface area (Å²) in [5, 5.41) is 4.07. The van der Waals surface area contributed by atoms with Crippen LogP contribution in [0, 0.1) is 0 Å². The van der Waals surface area contributed by atoms with Gasteiger partial charge in [0.25, 0.3) is 5.91 Å². The number of carbonyl (C=O) groups is 1. The predicted octanol–water partition coefficient (Wildman–Crippen LogP) is 5.39. The van der Waals surface area contributed by atoms with E-state index in [1.165, 1.54) is 12.8 Å². The van der Waals surface area contributed by atoms with Crippen molar-refractivity contribution in [3.05, 3.63) is 70.7 Å². The molecule has 6 heteroatoms. The molecule has 0 fully saturated rings. The molecule has 0 atom stereocenters. The van der Waals surface area contributed by atoms with E-state index >= 15 is 0 Å². The number of amides is 1. The second-order valence-electron chi connectivity index (χ2n) is 7.47. The average molecular weight is 449 g/mol. The summed E-state index contributed by atoms with van der Waals surface area (Å²) in [7, 11) is 1.91. The highest BCUT2D eigenvalue weighted by atomic mass is 79.9. The van der Waals surface area contributed by atoms with E-state index in [-0.39, 0.29) is 5.91 Å². The number of benzene rings is 2. The Balaban J connectivity index is 1.45. The van der Waals surface area contributed by atoms with Gasteiger partial charge in [0, 0.05) is 48.4 Å². The van der Waals surface area contributed by atoms with Gasteiger partial charge < -0.3 is 14.5 Å². The largest absolute Gasteiger partial charge is 0.339 e. The maximum atomic E-state index is 13.1. The number of aryl methyl sites for hydroxylation is 3. The molecular weight excluding hydrogens is 428 g/mol. The third-order valence-electron chi connectivity index (χ3n) is 5.59. The van der Waals surface area contributed by atoms with Gasteiger partial charge in [-0.25, -0.2) is 4.98 Å². The second kappa shape index (κ2) is 7.19.